The number of rotatable bonds is 1. The van der Waals surface area contributed by atoms with Gasteiger partial charge in [-0.25, -0.2) is 0 Å². The summed E-state index contributed by atoms with van der Waals surface area (Å²) >= 11 is 0. The highest BCUT2D eigenvalue weighted by atomic mass is 15.5. The summed E-state index contributed by atoms with van der Waals surface area (Å²) in [5, 5.41) is 5.07. The van der Waals surface area contributed by atoms with E-state index < -0.39 is 0 Å². The van der Waals surface area contributed by atoms with Crippen molar-refractivity contribution in [2.75, 3.05) is 0 Å². The van der Waals surface area contributed by atoms with Gasteiger partial charge >= 0.3 is 0 Å². The fraction of sp³-hybridized carbons (Fsp3) is 0.182. The highest BCUT2D eigenvalue weighted by molar-refractivity contribution is 6.11. The van der Waals surface area contributed by atoms with Crippen molar-refractivity contribution in [3.8, 4) is 44.8 Å². The van der Waals surface area contributed by atoms with Crippen LogP contribution in [0.4, 0.5) is 0 Å². The minimum absolute atomic E-state index is 0.0135. The molecule has 0 spiro atoms. The van der Waals surface area contributed by atoms with Crippen LogP contribution in [0.2, 0.25) is 0 Å². The van der Waals surface area contributed by atoms with Crippen molar-refractivity contribution in [2.24, 2.45) is 0 Å². The van der Waals surface area contributed by atoms with E-state index in [-0.39, 0.29) is 10.8 Å². The number of benzene rings is 5. The molecule has 0 saturated carbocycles. The van der Waals surface area contributed by atoms with Gasteiger partial charge in [-0.05, 0) is 84.0 Å². The Labute approximate surface area is 272 Å². The van der Waals surface area contributed by atoms with Gasteiger partial charge in [-0.3, -0.25) is 0 Å². The van der Waals surface area contributed by atoms with Crippen LogP contribution in [0.1, 0.15) is 52.7 Å². The van der Waals surface area contributed by atoms with Gasteiger partial charge in [-0.15, -0.1) is 0 Å². The summed E-state index contributed by atoms with van der Waals surface area (Å²) in [6, 6.07) is 45.3. The molecule has 0 aliphatic carbocycles. The van der Waals surface area contributed by atoms with Gasteiger partial charge in [0.2, 0.25) is 12.4 Å². The molecule has 2 nitrogen and oxygen atoms in total. The van der Waals surface area contributed by atoms with E-state index >= 15 is 0 Å². The van der Waals surface area contributed by atoms with Crippen molar-refractivity contribution < 1.29 is 9.35 Å². The molecule has 5 aromatic carbocycles. The Hall–Kier alpha value is -5.08. The highest BCUT2D eigenvalue weighted by Gasteiger charge is 2.36. The molecule has 0 atom stereocenters. The van der Waals surface area contributed by atoms with Crippen LogP contribution in [0.15, 0.2) is 134 Å². The third-order valence-corrected chi connectivity index (χ3v) is 9.68. The minimum atomic E-state index is 0.0135. The number of fused-ring (bicyclic) bond motifs is 11. The van der Waals surface area contributed by atoms with Crippen LogP contribution in [0.5, 0.6) is 0 Å². The molecule has 0 N–H and O–H groups in total. The van der Waals surface area contributed by atoms with E-state index in [1.165, 1.54) is 71.7 Å². The second kappa shape index (κ2) is 10.2. The summed E-state index contributed by atoms with van der Waals surface area (Å²) < 4.78 is 4.69. The molecular weight excluding hydrogens is 556 g/mol. The van der Waals surface area contributed by atoms with Crippen molar-refractivity contribution >= 4 is 21.5 Å². The van der Waals surface area contributed by atoms with Gasteiger partial charge in [-0.2, -0.15) is 0 Å². The Morgan fingerprint density at radius 2 is 1.02 bits per heavy atom. The van der Waals surface area contributed by atoms with E-state index in [0.29, 0.717) is 0 Å². The van der Waals surface area contributed by atoms with E-state index in [4.69, 9.17) is 0 Å². The first-order valence-corrected chi connectivity index (χ1v) is 16.4. The fourth-order valence-corrected chi connectivity index (χ4v) is 6.99. The molecule has 0 fully saturated rings. The lowest BCUT2D eigenvalue weighted by Gasteiger charge is -2.23. The second-order valence-corrected chi connectivity index (χ2v) is 14.8. The molecule has 2 aromatic heterocycles. The van der Waals surface area contributed by atoms with E-state index in [1.807, 2.05) is 0 Å². The number of nitrogens with zero attached hydrogens (tertiary/aromatic N) is 2. The average Bonchev–Trinajstić information content (AvgIpc) is 3.06. The third-order valence-electron chi connectivity index (χ3n) is 9.68. The second-order valence-electron chi connectivity index (χ2n) is 14.8. The Morgan fingerprint density at radius 3 is 1.78 bits per heavy atom. The van der Waals surface area contributed by atoms with Gasteiger partial charge in [0.1, 0.15) is 0 Å². The number of pyridine rings is 2. The van der Waals surface area contributed by atoms with Crippen molar-refractivity contribution in [1.82, 2.24) is 0 Å². The molecule has 0 bridgehead atoms. The maximum atomic E-state index is 2.44. The number of aromatic nitrogens is 2. The van der Waals surface area contributed by atoms with Gasteiger partial charge < -0.3 is 0 Å². The molecular formula is C44H40N2+2. The van der Waals surface area contributed by atoms with Crippen molar-refractivity contribution in [1.29, 1.82) is 0 Å². The summed E-state index contributed by atoms with van der Waals surface area (Å²) in [5.74, 6) is 0. The van der Waals surface area contributed by atoms with Gasteiger partial charge in [-0.1, -0.05) is 120 Å². The van der Waals surface area contributed by atoms with Crippen molar-refractivity contribution in [2.45, 2.75) is 52.4 Å². The zero-order valence-corrected chi connectivity index (χ0v) is 27.6. The Morgan fingerprint density at radius 1 is 0.391 bits per heavy atom. The molecule has 8 rings (SSSR count). The minimum Gasteiger partial charge on any atom is -0.0622 e. The van der Waals surface area contributed by atoms with Crippen LogP contribution < -0.4 is 9.35 Å². The lowest BCUT2D eigenvalue weighted by molar-refractivity contribution is -1.29. The molecule has 7 aromatic rings. The van der Waals surface area contributed by atoms with Crippen LogP contribution in [-0.2, 0) is 10.8 Å². The van der Waals surface area contributed by atoms with Crippen molar-refractivity contribution in [3.63, 3.8) is 0 Å². The summed E-state index contributed by atoms with van der Waals surface area (Å²) in [6.45, 7) is 13.8. The summed E-state index contributed by atoms with van der Waals surface area (Å²) in [4.78, 5) is 0. The summed E-state index contributed by atoms with van der Waals surface area (Å²) in [5.41, 5.74) is 12.4. The van der Waals surface area contributed by atoms with Crippen LogP contribution in [0, 0.1) is 0 Å². The largest absolute Gasteiger partial charge is 0.285 e. The molecule has 3 heterocycles. The van der Waals surface area contributed by atoms with Gasteiger partial charge in [0.25, 0.3) is 11.4 Å². The lowest BCUT2D eigenvalue weighted by Crippen LogP contribution is -2.68. The zero-order valence-electron chi connectivity index (χ0n) is 27.6. The highest BCUT2D eigenvalue weighted by Crippen LogP contribution is 2.43. The van der Waals surface area contributed by atoms with Crippen molar-refractivity contribution in [3.05, 3.63) is 145 Å². The monoisotopic (exact) mass is 596 g/mol. The maximum absolute atomic E-state index is 2.44. The predicted molar refractivity (Wildman–Crippen MR) is 192 cm³/mol. The Bertz CT molecular complexity index is 2320. The van der Waals surface area contributed by atoms with Gasteiger partial charge in [0.05, 0.1) is 20.5 Å². The number of hydrogen-bond donors (Lipinski definition) is 0. The molecule has 2 heteroatoms. The van der Waals surface area contributed by atoms with Crippen LogP contribution >= 0.6 is 0 Å². The molecule has 0 saturated heterocycles. The fourth-order valence-electron chi connectivity index (χ4n) is 6.99. The quantitative estimate of drug-likeness (QED) is 0.132. The molecule has 1 aliphatic heterocycles. The van der Waals surface area contributed by atoms with E-state index in [0.717, 1.165) is 5.69 Å². The Balaban J connectivity index is 1.55. The third kappa shape index (κ3) is 4.63. The first-order valence-electron chi connectivity index (χ1n) is 16.4. The topological polar surface area (TPSA) is 7.76 Å². The molecule has 1 aliphatic rings. The molecule has 46 heavy (non-hydrogen) atoms. The SMILES string of the molecule is CC(C)(C)c1ccc2c(c1)-c1cc(C(C)(C)C)cc[n+]1-[n+]1ccc(-c3ccccc3)cc1-c1cc3c(ccc4ccccc43)cc1-2. The van der Waals surface area contributed by atoms with E-state index in [2.05, 4.69) is 185 Å². The predicted octanol–water partition coefficient (Wildman–Crippen LogP) is 10.5. The van der Waals surface area contributed by atoms with Crippen LogP contribution in [-0.4, -0.2) is 0 Å². The summed E-state index contributed by atoms with van der Waals surface area (Å²) in [6.07, 6.45) is 4.50. The molecule has 0 unspecified atom stereocenters. The summed E-state index contributed by atoms with van der Waals surface area (Å²) in [7, 11) is 0. The maximum Gasteiger partial charge on any atom is 0.285 e. The molecule has 224 valence electrons. The Kier molecular flexibility index (Phi) is 6.31. The van der Waals surface area contributed by atoms with E-state index in [9.17, 15) is 0 Å². The first kappa shape index (κ1) is 28.4. The normalized spacial score (nSPS) is 12.6. The lowest BCUT2D eigenvalue weighted by atomic mass is 9.81. The standard InChI is InChI=1S/C44H40N2/c1-43(2,3)33-18-19-36-38-24-32-17-16-30-14-10-11-15-35(30)37(32)28-40(38)41-25-31(29-12-8-7-9-13-29)20-22-45(41)46-23-21-34(44(4,5)6)27-42(46)39(36)26-33/h7-28H,1-6H3/q+2. The van der Waals surface area contributed by atoms with Gasteiger partial charge in [0, 0.05) is 24.3 Å². The smallest absolute Gasteiger partial charge is 0.0622 e. The van der Waals surface area contributed by atoms with Gasteiger partial charge in [0.15, 0.2) is 0 Å². The zero-order chi connectivity index (χ0) is 31.8. The first-order chi connectivity index (χ1) is 22.1. The molecule has 0 radical (unpaired) electrons. The average molecular weight is 597 g/mol. The van der Waals surface area contributed by atoms with E-state index in [1.54, 1.807) is 0 Å². The van der Waals surface area contributed by atoms with Crippen LogP contribution in [0.3, 0.4) is 0 Å². The number of hydrogen-bond acceptors (Lipinski definition) is 0. The molecule has 0 amide bonds. The van der Waals surface area contributed by atoms with Crippen LogP contribution in [0.25, 0.3) is 66.3 Å².